The second-order valence-electron chi connectivity index (χ2n) is 7.26. The Morgan fingerprint density at radius 2 is 1.57 bits per heavy atom. The summed E-state index contributed by atoms with van der Waals surface area (Å²) in [7, 11) is -4.09. The summed E-state index contributed by atoms with van der Waals surface area (Å²) >= 11 is 0. The minimum Gasteiger partial charge on any atom is -0.339 e. The summed E-state index contributed by atoms with van der Waals surface area (Å²) < 4.78 is 53.5. The van der Waals surface area contributed by atoms with Gasteiger partial charge in [0.2, 0.25) is 15.9 Å². The Hall–Kier alpha value is -2.32. The fraction of sp³-hybridized carbons (Fsp3) is 0.350. The van der Waals surface area contributed by atoms with Gasteiger partial charge in [-0.2, -0.15) is 4.31 Å². The normalized spacial score (nSPS) is 16.2. The Bertz CT molecular complexity index is 970. The molecular formula is C20H22F2N2O3S. The van der Waals surface area contributed by atoms with E-state index in [0.29, 0.717) is 6.07 Å². The van der Waals surface area contributed by atoms with Crippen molar-refractivity contribution in [1.82, 2.24) is 9.21 Å². The molecule has 0 spiro atoms. The van der Waals surface area contributed by atoms with Crippen molar-refractivity contribution in [2.24, 2.45) is 0 Å². The van der Waals surface area contributed by atoms with Gasteiger partial charge in [-0.15, -0.1) is 0 Å². The number of amides is 1. The van der Waals surface area contributed by atoms with Crippen molar-refractivity contribution in [1.29, 1.82) is 0 Å². The van der Waals surface area contributed by atoms with Crippen LogP contribution >= 0.6 is 0 Å². The van der Waals surface area contributed by atoms with E-state index in [4.69, 9.17) is 0 Å². The smallest absolute Gasteiger partial charge is 0.246 e. The first kappa shape index (κ1) is 20.4. The molecule has 1 aliphatic rings. The molecule has 150 valence electrons. The van der Waals surface area contributed by atoms with Crippen molar-refractivity contribution >= 4 is 15.9 Å². The predicted octanol–water partition coefficient (Wildman–Crippen LogP) is 2.78. The average molecular weight is 408 g/mol. The van der Waals surface area contributed by atoms with Crippen molar-refractivity contribution in [3.05, 3.63) is 65.7 Å². The van der Waals surface area contributed by atoms with Crippen molar-refractivity contribution in [3.63, 3.8) is 0 Å². The van der Waals surface area contributed by atoms with Gasteiger partial charge in [0.15, 0.2) is 0 Å². The van der Waals surface area contributed by atoms with Gasteiger partial charge >= 0.3 is 0 Å². The molecule has 0 saturated carbocycles. The zero-order valence-corrected chi connectivity index (χ0v) is 16.5. The number of halogens is 2. The van der Waals surface area contributed by atoms with E-state index in [9.17, 15) is 22.0 Å². The molecule has 1 heterocycles. The van der Waals surface area contributed by atoms with Gasteiger partial charge in [-0.05, 0) is 31.5 Å². The molecule has 2 aromatic carbocycles. The van der Waals surface area contributed by atoms with E-state index in [2.05, 4.69) is 0 Å². The predicted molar refractivity (Wildman–Crippen MR) is 101 cm³/mol. The number of hydrogen-bond acceptors (Lipinski definition) is 3. The number of hydrogen-bond donors (Lipinski definition) is 0. The number of rotatable bonds is 4. The minimum atomic E-state index is -4.09. The highest BCUT2D eigenvalue weighted by molar-refractivity contribution is 7.89. The fourth-order valence-electron chi connectivity index (χ4n) is 3.33. The Morgan fingerprint density at radius 1 is 0.964 bits per heavy atom. The molecule has 0 aromatic heterocycles. The lowest BCUT2D eigenvalue weighted by molar-refractivity contribution is -0.137. The van der Waals surface area contributed by atoms with Crippen LogP contribution < -0.4 is 0 Å². The maximum atomic E-state index is 13.9. The summed E-state index contributed by atoms with van der Waals surface area (Å²) in [5, 5.41) is 0. The lowest BCUT2D eigenvalue weighted by Gasteiger charge is -2.38. The van der Waals surface area contributed by atoms with Crippen molar-refractivity contribution < 1.29 is 22.0 Å². The molecular weight excluding hydrogens is 386 g/mol. The zero-order chi connectivity index (χ0) is 20.5. The second-order valence-corrected chi connectivity index (χ2v) is 9.17. The highest BCUT2D eigenvalue weighted by Crippen LogP contribution is 2.27. The standard InChI is InChI=1S/C20H22F2N2O3S/c1-20(2,15-6-4-3-5-7-15)19(25)23-10-12-24(13-11-23)28(26,27)18-9-8-16(21)14-17(18)22/h3-9,14H,10-13H2,1-2H3. The molecule has 0 aliphatic carbocycles. The molecule has 28 heavy (non-hydrogen) atoms. The molecule has 2 aromatic rings. The number of benzene rings is 2. The maximum absolute atomic E-state index is 13.9. The monoisotopic (exact) mass is 408 g/mol. The number of piperazine rings is 1. The number of carbonyl (C=O) groups excluding carboxylic acids is 1. The zero-order valence-electron chi connectivity index (χ0n) is 15.7. The van der Waals surface area contributed by atoms with E-state index in [1.165, 1.54) is 0 Å². The molecule has 5 nitrogen and oxygen atoms in total. The molecule has 0 atom stereocenters. The minimum absolute atomic E-state index is 0.0513. The summed E-state index contributed by atoms with van der Waals surface area (Å²) in [6.07, 6.45) is 0. The summed E-state index contributed by atoms with van der Waals surface area (Å²) in [6.45, 7) is 4.18. The maximum Gasteiger partial charge on any atom is 0.246 e. The molecule has 0 N–H and O–H groups in total. The number of carbonyl (C=O) groups is 1. The lowest BCUT2D eigenvalue weighted by Crippen LogP contribution is -2.54. The molecule has 1 aliphatic heterocycles. The molecule has 1 fully saturated rings. The molecule has 0 bridgehead atoms. The Kier molecular flexibility index (Phi) is 5.54. The SMILES string of the molecule is CC(C)(C(=O)N1CCN(S(=O)(=O)c2ccc(F)cc2F)CC1)c1ccccc1. The first-order valence-corrected chi connectivity index (χ1v) is 10.4. The van der Waals surface area contributed by atoms with Crippen molar-refractivity contribution in [2.75, 3.05) is 26.2 Å². The highest BCUT2D eigenvalue weighted by atomic mass is 32.2. The molecule has 0 radical (unpaired) electrons. The lowest BCUT2D eigenvalue weighted by atomic mass is 9.83. The first-order chi connectivity index (χ1) is 13.1. The number of nitrogens with zero attached hydrogens (tertiary/aromatic N) is 2. The van der Waals surface area contributed by atoms with Crippen LogP contribution in [-0.4, -0.2) is 49.7 Å². The largest absolute Gasteiger partial charge is 0.339 e. The Balaban J connectivity index is 1.73. The summed E-state index contributed by atoms with van der Waals surface area (Å²) in [5.74, 6) is -2.05. The Labute approximate surface area is 163 Å². The van der Waals surface area contributed by atoms with Crippen molar-refractivity contribution in [2.45, 2.75) is 24.2 Å². The molecule has 0 unspecified atom stereocenters. The van der Waals surface area contributed by atoms with Crippen LogP contribution in [0.4, 0.5) is 8.78 Å². The van der Waals surface area contributed by atoms with E-state index >= 15 is 0 Å². The van der Waals surface area contributed by atoms with Crippen LogP contribution in [0, 0.1) is 11.6 Å². The third-order valence-electron chi connectivity index (χ3n) is 5.07. The molecule has 1 amide bonds. The van der Waals surface area contributed by atoms with Crippen LogP contribution in [0.2, 0.25) is 0 Å². The second kappa shape index (κ2) is 7.60. The number of sulfonamides is 1. The van der Waals surface area contributed by atoms with Crippen LogP contribution in [0.5, 0.6) is 0 Å². The third kappa shape index (κ3) is 3.79. The van der Waals surface area contributed by atoms with Crippen LogP contribution in [0.25, 0.3) is 0 Å². The van der Waals surface area contributed by atoms with Gasteiger partial charge in [0.25, 0.3) is 0 Å². The summed E-state index contributed by atoms with van der Waals surface area (Å²) in [5.41, 5.74) is 0.134. The average Bonchev–Trinajstić information content (AvgIpc) is 2.68. The van der Waals surface area contributed by atoms with Gasteiger partial charge in [-0.1, -0.05) is 30.3 Å². The molecule has 3 rings (SSSR count). The van der Waals surface area contributed by atoms with Gasteiger partial charge in [-0.25, -0.2) is 17.2 Å². The summed E-state index contributed by atoms with van der Waals surface area (Å²) in [6, 6.07) is 11.8. The quantitative estimate of drug-likeness (QED) is 0.782. The third-order valence-corrected chi connectivity index (χ3v) is 7.00. The van der Waals surface area contributed by atoms with E-state index in [1.54, 1.807) is 4.90 Å². The molecule has 8 heteroatoms. The van der Waals surface area contributed by atoms with Gasteiger partial charge in [0.1, 0.15) is 16.5 Å². The van der Waals surface area contributed by atoms with Crippen LogP contribution in [0.1, 0.15) is 19.4 Å². The van der Waals surface area contributed by atoms with E-state index in [-0.39, 0.29) is 32.1 Å². The van der Waals surface area contributed by atoms with Gasteiger partial charge < -0.3 is 4.90 Å². The topological polar surface area (TPSA) is 57.7 Å². The van der Waals surface area contributed by atoms with Gasteiger partial charge in [0.05, 0.1) is 5.41 Å². The Morgan fingerprint density at radius 3 is 2.14 bits per heavy atom. The first-order valence-electron chi connectivity index (χ1n) is 8.94. The van der Waals surface area contributed by atoms with E-state index < -0.39 is 32.0 Å². The highest BCUT2D eigenvalue weighted by Gasteiger charge is 2.37. The van der Waals surface area contributed by atoms with Crippen molar-refractivity contribution in [3.8, 4) is 0 Å². The van der Waals surface area contributed by atoms with Gasteiger partial charge in [-0.3, -0.25) is 4.79 Å². The van der Waals surface area contributed by atoms with E-state index in [0.717, 1.165) is 22.0 Å². The van der Waals surface area contributed by atoms with Crippen LogP contribution in [-0.2, 0) is 20.2 Å². The van der Waals surface area contributed by atoms with Crippen LogP contribution in [0.15, 0.2) is 53.4 Å². The van der Waals surface area contributed by atoms with Gasteiger partial charge in [0, 0.05) is 32.2 Å². The fourth-order valence-corrected chi connectivity index (χ4v) is 4.80. The van der Waals surface area contributed by atoms with Crippen LogP contribution in [0.3, 0.4) is 0 Å². The molecule has 1 saturated heterocycles. The summed E-state index contributed by atoms with van der Waals surface area (Å²) in [4.78, 5) is 14.1. The van der Waals surface area contributed by atoms with E-state index in [1.807, 2.05) is 44.2 Å².